The van der Waals surface area contributed by atoms with Gasteiger partial charge in [-0.15, -0.1) is 0 Å². The first-order valence-electron chi connectivity index (χ1n) is 7.21. The SMILES string of the molecule is CNC(Cc1c(C)nn(C)c1Cl)c1ccc2c(c1)CCO2. The van der Waals surface area contributed by atoms with Crippen molar-refractivity contribution in [1.29, 1.82) is 0 Å². The molecule has 0 amide bonds. The number of nitrogens with one attached hydrogen (secondary N) is 1. The molecule has 0 saturated heterocycles. The van der Waals surface area contributed by atoms with Crippen LogP contribution in [0.15, 0.2) is 18.2 Å². The second-order valence-corrected chi connectivity index (χ2v) is 5.85. The molecule has 1 aromatic carbocycles. The minimum absolute atomic E-state index is 0.219. The molecule has 0 aliphatic carbocycles. The van der Waals surface area contributed by atoms with Crippen molar-refractivity contribution >= 4 is 11.6 Å². The van der Waals surface area contributed by atoms with Gasteiger partial charge in [0.25, 0.3) is 0 Å². The van der Waals surface area contributed by atoms with Crippen LogP contribution in [0.4, 0.5) is 0 Å². The summed E-state index contributed by atoms with van der Waals surface area (Å²) in [6.07, 6.45) is 1.82. The zero-order valence-electron chi connectivity index (χ0n) is 12.6. The normalized spacial score (nSPS) is 14.9. The molecule has 1 N–H and O–H groups in total. The van der Waals surface area contributed by atoms with E-state index in [0.717, 1.165) is 41.6 Å². The third-order valence-corrected chi connectivity index (χ3v) is 4.62. The Labute approximate surface area is 130 Å². The first-order valence-corrected chi connectivity index (χ1v) is 7.58. The summed E-state index contributed by atoms with van der Waals surface area (Å²) in [6, 6.07) is 6.66. The lowest BCUT2D eigenvalue weighted by atomic mass is 9.97. The molecule has 0 bridgehead atoms. The lowest BCUT2D eigenvalue weighted by molar-refractivity contribution is 0.356. The van der Waals surface area contributed by atoms with Gasteiger partial charge in [0.15, 0.2) is 0 Å². The molecule has 2 heterocycles. The van der Waals surface area contributed by atoms with Crippen molar-refractivity contribution in [3.63, 3.8) is 0 Å². The highest BCUT2D eigenvalue weighted by Crippen LogP contribution is 2.31. The maximum absolute atomic E-state index is 6.35. The average Bonchev–Trinajstić information content (AvgIpc) is 3.03. The van der Waals surface area contributed by atoms with Crippen molar-refractivity contribution in [3.05, 3.63) is 45.7 Å². The highest BCUT2D eigenvalue weighted by molar-refractivity contribution is 6.30. The van der Waals surface area contributed by atoms with Crippen LogP contribution in [0.5, 0.6) is 5.75 Å². The van der Waals surface area contributed by atoms with Crippen LogP contribution in [-0.4, -0.2) is 23.4 Å². The van der Waals surface area contributed by atoms with Crippen LogP contribution in [0.3, 0.4) is 0 Å². The smallest absolute Gasteiger partial charge is 0.130 e. The van der Waals surface area contributed by atoms with Gasteiger partial charge in [0.1, 0.15) is 10.9 Å². The molecule has 0 fully saturated rings. The van der Waals surface area contributed by atoms with E-state index in [9.17, 15) is 0 Å². The van der Waals surface area contributed by atoms with Crippen LogP contribution in [0.25, 0.3) is 0 Å². The number of aromatic nitrogens is 2. The Morgan fingerprint density at radius 3 is 2.95 bits per heavy atom. The van der Waals surface area contributed by atoms with Crippen molar-refractivity contribution in [2.45, 2.75) is 25.8 Å². The Kier molecular flexibility index (Phi) is 3.91. The standard InChI is InChI=1S/C16H20ClN3O/c1-10-13(16(17)20(3)19-10)9-14(18-2)11-4-5-15-12(8-11)6-7-21-15/h4-5,8,14,18H,6-7,9H2,1-3H3. The Morgan fingerprint density at radius 1 is 1.48 bits per heavy atom. The molecule has 5 heteroatoms. The summed E-state index contributed by atoms with van der Waals surface area (Å²) in [4.78, 5) is 0. The van der Waals surface area contributed by atoms with E-state index in [2.05, 4.69) is 28.6 Å². The molecule has 1 atom stereocenters. The molecular formula is C16H20ClN3O. The van der Waals surface area contributed by atoms with Gasteiger partial charge in [0.05, 0.1) is 12.3 Å². The summed E-state index contributed by atoms with van der Waals surface area (Å²) in [5.74, 6) is 1.02. The molecule has 0 saturated carbocycles. The highest BCUT2D eigenvalue weighted by atomic mass is 35.5. The van der Waals surface area contributed by atoms with Gasteiger partial charge in [-0.3, -0.25) is 4.68 Å². The number of halogens is 1. The van der Waals surface area contributed by atoms with Gasteiger partial charge in [0.2, 0.25) is 0 Å². The first kappa shape index (κ1) is 14.4. The van der Waals surface area contributed by atoms with Crippen LogP contribution in [0.1, 0.15) is 28.4 Å². The van der Waals surface area contributed by atoms with Crippen molar-refractivity contribution < 1.29 is 4.74 Å². The minimum atomic E-state index is 0.219. The third-order valence-electron chi connectivity index (χ3n) is 4.14. The molecular weight excluding hydrogens is 286 g/mol. The van der Waals surface area contributed by atoms with E-state index in [4.69, 9.17) is 16.3 Å². The van der Waals surface area contributed by atoms with Gasteiger partial charge in [0, 0.05) is 25.1 Å². The van der Waals surface area contributed by atoms with E-state index in [1.165, 1.54) is 11.1 Å². The molecule has 0 radical (unpaired) electrons. The van der Waals surface area contributed by atoms with E-state index >= 15 is 0 Å². The number of likely N-dealkylation sites (N-methyl/N-ethyl adjacent to an activating group) is 1. The molecule has 2 aromatic rings. The minimum Gasteiger partial charge on any atom is -0.493 e. The lowest BCUT2D eigenvalue weighted by Gasteiger charge is -2.17. The van der Waals surface area contributed by atoms with Crippen molar-refractivity contribution in [3.8, 4) is 5.75 Å². The topological polar surface area (TPSA) is 39.1 Å². The first-order chi connectivity index (χ1) is 10.1. The van der Waals surface area contributed by atoms with Gasteiger partial charge in [-0.1, -0.05) is 23.7 Å². The van der Waals surface area contributed by atoms with Gasteiger partial charge in [-0.25, -0.2) is 0 Å². The maximum Gasteiger partial charge on any atom is 0.130 e. The predicted molar refractivity (Wildman–Crippen MR) is 84.1 cm³/mol. The van der Waals surface area contributed by atoms with Crippen molar-refractivity contribution in [1.82, 2.24) is 15.1 Å². The molecule has 1 aliphatic rings. The van der Waals surface area contributed by atoms with Gasteiger partial charge >= 0.3 is 0 Å². The number of hydrogen-bond donors (Lipinski definition) is 1. The van der Waals surface area contributed by atoms with Crippen LogP contribution < -0.4 is 10.1 Å². The number of benzene rings is 1. The average molecular weight is 306 g/mol. The quantitative estimate of drug-likeness (QED) is 0.944. The Bertz CT molecular complexity index is 666. The van der Waals surface area contributed by atoms with Gasteiger partial charge < -0.3 is 10.1 Å². The fraction of sp³-hybridized carbons (Fsp3) is 0.438. The van der Waals surface area contributed by atoms with E-state index in [-0.39, 0.29) is 6.04 Å². The number of hydrogen-bond acceptors (Lipinski definition) is 3. The summed E-state index contributed by atoms with van der Waals surface area (Å²) < 4.78 is 7.30. The molecule has 0 spiro atoms. The highest BCUT2D eigenvalue weighted by Gasteiger charge is 2.20. The van der Waals surface area contributed by atoms with E-state index in [1.807, 2.05) is 21.0 Å². The monoisotopic (exact) mass is 305 g/mol. The van der Waals surface area contributed by atoms with E-state index in [1.54, 1.807) is 4.68 Å². The molecule has 21 heavy (non-hydrogen) atoms. The van der Waals surface area contributed by atoms with Gasteiger partial charge in [-0.2, -0.15) is 5.10 Å². The third kappa shape index (κ3) is 2.65. The second kappa shape index (κ2) is 5.70. The number of rotatable bonds is 4. The summed E-state index contributed by atoms with van der Waals surface area (Å²) in [7, 11) is 3.86. The number of aryl methyl sites for hydroxylation is 2. The zero-order chi connectivity index (χ0) is 15.0. The molecule has 3 rings (SSSR count). The molecule has 1 unspecified atom stereocenters. The molecule has 4 nitrogen and oxygen atoms in total. The van der Waals surface area contributed by atoms with Crippen molar-refractivity contribution in [2.24, 2.45) is 7.05 Å². The van der Waals surface area contributed by atoms with Crippen LogP contribution >= 0.6 is 11.6 Å². The summed E-state index contributed by atoms with van der Waals surface area (Å²) in [5, 5.41) is 8.49. The second-order valence-electron chi connectivity index (χ2n) is 5.49. The molecule has 112 valence electrons. The summed E-state index contributed by atoms with van der Waals surface area (Å²) in [6.45, 7) is 2.79. The fourth-order valence-corrected chi connectivity index (χ4v) is 3.17. The summed E-state index contributed by atoms with van der Waals surface area (Å²) >= 11 is 6.35. The van der Waals surface area contributed by atoms with Crippen LogP contribution in [-0.2, 0) is 19.9 Å². The fourth-order valence-electron chi connectivity index (χ4n) is 2.92. The number of ether oxygens (including phenoxy) is 1. The van der Waals surface area contributed by atoms with Crippen molar-refractivity contribution in [2.75, 3.05) is 13.7 Å². The molecule has 1 aromatic heterocycles. The predicted octanol–water partition coefficient (Wildman–Crippen LogP) is 2.82. The Balaban J connectivity index is 1.88. The lowest BCUT2D eigenvalue weighted by Crippen LogP contribution is -2.19. The van der Waals surface area contributed by atoms with E-state index < -0.39 is 0 Å². The zero-order valence-corrected chi connectivity index (χ0v) is 13.4. The Hall–Kier alpha value is -1.52. The van der Waals surface area contributed by atoms with Crippen LogP contribution in [0.2, 0.25) is 5.15 Å². The number of fused-ring (bicyclic) bond motifs is 1. The van der Waals surface area contributed by atoms with Gasteiger partial charge in [-0.05, 0) is 37.6 Å². The number of nitrogens with zero attached hydrogens (tertiary/aromatic N) is 2. The summed E-state index contributed by atoms with van der Waals surface area (Å²) in [5.41, 5.74) is 4.66. The van der Waals surface area contributed by atoms with Crippen LogP contribution in [0, 0.1) is 6.92 Å². The Morgan fingerprint density at radius 2 is 2.29 bits per heavy atom. The maximum atomic E-state index is 6.35. The molecule has 1 aliphatic heterocycles. The van der Waals surface area contributed by atoms with E-state index in [0.29, 0.717) is 0 Å². The largest absolute Gasteiger partial charge is 0.493 e.